The van der Waals surface area contributed by atoms with Crippen LogP contribution in [0.1, 0.15) is 22.6 Å². The molecule has 1 amide bonds. The predicted molar refractivity (Wildman–Crippen MR) is 100 cm³/mol. The van der Waals surface area contributed by atoms with E-state index in [1.54, 1.807) is 6.20 Å². The molecule has 2 aromatic heterocycles. The molecule has 27 heavy (non-hydrogen) atoms. The molecular formula is C21H21N3O3. The van der Waals surface area contributed by atoms with Gasteiger partial charge in [0.1, 0.15) is 17.6 Å². The second kappa shape index (κ2) is 7.23. The predicted octanol–water partition coefficient (Wildman–Crippen LogP) is 3.02. The molecule has 6 nitrogen and oxygen atoms in total. The lowest BCUT2D eigenvalue weighted by Gasteiger charge is -2.13. The van der Waals surface area contributed by atoms with E-state index < -0.39 is 0 Å². The van der Waals surface area contributed by atoms with Crippen molar-refractivity contribution in [1.29, 1.82) is 0 Å². The number of aromatic nitrogens is 2. The van der Waals surface area contributed by atoms with Crippen LogP contribution in [0.15, 0.2) is 47.2 Å². The lowest BCUT2D eigenvalue weighted by Crippen LogP contribution is -2.35. The highest BCUT2D eigenvalue weighted by Crippen LogP contribution is 2.38. The number of aryl methyl sites for hydroxylation is 2. The fourth-order valence-electron chi connectivity index (χ4n) is 3.41. The third kappa shape index (κ3) is 3.56. The summed E-state index contributed by atoms with van der Waals surface area (Å²) in [6.45, 7) is 4.12. The van der Waals surface area contributed by atoms with Gasteiger partial charge in [0, 0.05) is 35.5 Å². The molecule has 138 valence electrons. The molecule has 6 heteroatoms. The molecular weight excluding hydrogens is 342 g/mol. The number of carbonyl (C=O) groups excluding carboxylic acids is 1. The second-order valence-electron chi connectivity index (χ2n) is 6.76. The molecule has 0 saturated carbocycles. The summed E-state index contributed by atoms with van der Waals surface area (Å²) < 4.78 is 11.3. The van der Waals surface area contributed by atoms with Gasteiger partial charge in [0.2, 0.25) is 5.91 Å². The fraction of sp³-hybridized carbons (Fsp3) is 0.286. The number of amides is 1. The Morgan fingerprint density at radius 1 is 1.26 bits per heavy atom. The van der Waals surface area contributed by atoms with E-state index in [0.29, 0.717) is 12.3 Å². The number of rotatable bonds is 5. The van der Waals surface area contributed by atoms with E-state index in [1.807, 2.05) is 44.3 Å². The molecule has 0 spiro atoms. The summed E-state index contributed by atoms with van der Waals surface area (Å²) in [7, 11) is 0. The van der Waals surface area contributed by atoms with Gasteiger partial charge in [0.25, 0.3) is 0 Å². The maximum absolute atomic E-state index is 12.3. The van der Waals surface area contributed by atoms with Crippen molar-refractivity contribution in [2.24, 2.45) is 0 Å². The van der Waals surface area contributed by atoms with Gasteiger partial charge in [-0.05, 0) is 25.5 Å². The average molecular weight is 363 g/mol. The van der Waals surface area contributed by atoms with E-state index in [2.05, 4.69) is 21.5 Å². The Hall–Kier alpha value is -3.15. The van der Waals surface area contributed by atoms with Crippen molar-refractivity contribution in [1.82, 2.24) is 15.5 Å². The number of fused-ring (bicyclic) bond motifs is 1. The highest BCUT2D eigenvalue weighted by atomic mass is 16.5. The first-order chi connectivity index (χ1) is 13.1. The molecule has 3 aromatic rings. The Labute approximate surface area is 157 Å². The quantitative estimate of drug-likeness (QED) is 0.754. The SMILES string of the molecule is Cc1noc(C)c1CC(=O)NCC1Cc2cccc(-c3cccnc3)c2O1. The summed E-state index contributed by atoms with van der Waals surface area (Å²) in [4.78, 5) is 16.5. The molecule has 1 unspecified atom stereocenters. The summed E-state index contributed by atoms with van der Waals surface area (Å²) in [5.41, 5.74) is 4.82. The Kier molecular flexibility index (Phi) is 4.62. The van der Waals surface area contributed by atoms with E-state index in [-0.39, 0.29) is 18.4 Å². The standard InChI is InChI=1S/C21H21N3O3/c1-13-19(14(2)27-24-13)10-20(25)23-12-17-9-15-5-3-7-18(21(15)26-17)16-6-4-8-22-11-16/h3-8,11,17H,9-10,12H2,1-2H3,(H,23,25). The molecule has 1 aromatic carbocycles. The minimum absolute atomic E-state index is 0.0589. The van der Waals surface area contributed by atoms with Gasteiger partial charge in [-0.25, -0.2) is 0 Å². The van der Waals surface area contributed by atoms with Crippen LogP contribution < -0.4 is 10.1 Å². The van der Waals surface area contributed by atoms with Crippen LogP contribution in [-0.4, -0.2) is 28.7 Å². The average Bonchev–Trinajstić information content (AvgIpc) is 3.25. The van der Waals surface area contributed by atoms with Crippen molar-refractivity contribution in [2.75, 3.05) is 6.54 Å². The van der Waals surface area contributed by atoms with E-state index in [1.165, 1.54) is 0 Å². The summed E-state index contributed by atoms with van der Waals surface area (Å²) in [6, 6.07) is 10.1. The van der Waals surface area contributed by atoms with E-state index in [9.17, 15) is 4.79 Å². The Morgan fingerprint density at radius 2 is 2.15 bits per heavy atom. The van der Waals surface area contributed by atoms with Crippen molar-refractivity contribution in [2.45, 2.75) is 32.8 Å². The highest BCUT2D eigenvalue weighted by molar-refractivity contribution is 5.79. The molecule has 1 N–H and O–H groups in total. The summed E-state index contributed by atoms with van der Waals surface area (Å²) in [5, 5.41) is 6.85. The van der Waals surface area contributed by atoms with Crippen LogP contribution in [0.5, 0.6) is 5.75 Å². The van der Waals surface area contributed by atoms with E-state index in [4.69, 9.17) is 9.26 Å². The van der Waals surface area contributed by atoms with Crippen molar-refractivity contribution in [3.05, 3.63) is 65.3 Å². The van der Waals surface area contributed by atoms with Crippen LogP contribution in [0, 0.1) is 13.8 Å². The minimum atomic E-state index is -0.0774. The first kappa shape index (κ1) is 17.3. The number of pyridine rings is 1. The topological polar surface area (TPSA) is 77.3 Å². The van der Waals surface area contributed by atoms with Crippen LogP contribution in [-0.2, 0) is 17.6 Å². The Bertz CT molecular complexity index is 947. The molecule has 0 bridgehead atoms. The van der Waals surface area contributed by atoms with Gasteiger partial charge in [-0.1, -0.05) is 29.4 Å². The Balaban J connectivity index is 1.40. The van der Waals surface area contributed by atoms with Gasteiger partial charge >= 0.3 is 0 Å². The second-order valence-corrected chi connectivity index (χ2v) is 6.76. The fourth-order valence-corrected chi connectivity index (χ4v) is 3.41. The number of para-hydroxylation sites is 1. The normalized spacial score (nSPS) is 15.3. The summed E-state index contributed by atoms with van der Waals surface area (Å²) in [6.07, 6.45) is 4.55. The van der Waals surface area contributed by atoms with Crippen LogP contribution in [0.3, 0.4) is 0 Å². The molecule has 1 atom stereocenters. The molecule has 4 rings (SSSR count). The molecule has 0 fully saturated rings. The summed E-state index contributed by atoms with van der Waals surface area (Å²) >= 11 is 0. The van der Waals surface area contributed by atoms with Crippen molar-refractivity contribution in [3.63, 3.8) is 0 Å². The van der Waals surface area contributed by atoms with Crippen LogP contribution in [0.25, 0.3) is 11.1 Å². The summed E-state index contributed by atoms with van der Waals surface area (Å²) in [5.74, 6) is 1.51. The number of ether oxygens (including phenoxy) is 1. The lowest BCUT2D eigenvalue weighted by atomic mass is 10.0. The van der Waals surface area contributed by atoms with Gasteiger partial charge in [-0.3, -0.25) is 9.78 Å². The smallest absolute Gasteiger partial charge is 0.224 e. The van der Waals surface area contributed by atoms with Gasteiger partial charge < -0.3 is 14.6 Å². The number of hydrogen-bond acceptors (Lipinski definition) is 5. The molecule has 3 heterocycles. The van der Waals surface area contributed by atoms with Gasteiger partial charge in [0.15, 0.2) is 0 Å². The third-order valence-corrected chi connectivity index (χ3v) is 4.85. The zero-order valence-corrected chi connectivity index (χ0v) is 15.4. The first-order valence-electron chi connectivity index (χ1n) is 8.99. The molecule has 1 aliphatic heterocycles. The minimum Gasteiger partial charge on any atom is -0.487 e. The highest BCUT2D eigenvalue weighted by Gasteiger charge is 2.26. The molecule has 1 aliphatic rings. The Morgan fingerprint density at radius 3 is 2.89 bits per heavy atom. The third-order valence-electron chi connectivity index (χ3n) is 4.85. The van der Waals surface area contributed by atoms with Gasteiger partial charge in [0.05, 0.1) is 18.7 Å². The van der Waals surface area contributed by atoms with E-state index in [0.717, 1.165) is 40.1 Å². The maximum Gasteiger partial charge on any atom is 0.224 e. The van der Waals surface area contributed by atoms with E-state index >= 15 is 0 Å². The van der Waals surface area contributed by atoms with Gasteiger partial charge in [-0.15, -0.1) is 0 Å². The molecule has 0 aliphatic carbocycles. The maximum atomic E-state index is 12.3. The zero-order chi connectivity index (χ0) is 18.8. The molecule has 0 radical (unpaired) electrons. The zero-order valence-electron chi connectivity index (χ0n) is 15.4. The number of nitrogens with zero attached hydrogens (tertiary/aromatic N) is 2. The largest absolute Gasteiger partial charge is 0.487 e. The number of hydrogen-bond donors (Lipinski definition) is 1. The van der Waals surface area contributed by atoms with Gasteiger partial charge in [-0.2, -0.15) is 0 Å². The van der Waals surface area contributed by atoms with Crippen molar-refractivity contribution in [3.8, 4) is 16.9 Å². The van der Waals surface area contributed by atoms with Crippen molar-refractivity contribution >= 4 is 5.91 Å². The lowest BCUT2D eigenvalue weighted by molar-refractivity contribution is -0.120. The van der Waals surface area contributed by atoms with Crippen LogP contribution in [0.4, 0.5) is 0 Å². The van der Waals surface area contributed by atoms with Crippen LogP contribution in [0.2, 0.25) is 0 Å². The monoisotopic (exact) mass is 363 g/mol. The molecule has 0 saturated heterocycles. The van der Waals surface area contributed by atoms with Crippen molar-refractivity contribution < 1.29 is 14.1 Å². The first-order valence-corrected chi connectivity index (χ1v) is 8.99. The number of nitrogens with one attached hydrogen (secondary N) is 1. The van der Waals surface area contributed by atoms with Crippen LogP contribution >= 0.6 is 0 Å². The number of carbonyl (C=O) groups is 1. The number of benzene rings is 1.